The predicted molar refractivity (Wildman–Crippen MR) is 378 cm³/mol. The molecule has 0 spiro atoms. The van der Waals surface area contributed by atoms with Crippen LogP contribution in [-0.4, -0.2) is 191 Å². The number of ether oxygens (including phenoxy) is 9. The summed E-state index contributed by atoms with van der Waals surface area (Å²) in [6.07, 6.45) is 10.1. The van der Waals surface area contributed by atoms with Crippen molar-refractivity contribution in [1.29, 1.82) is 0 Å². The molecule has 22 heteroatoms. The van der Waals surface area contributed by atoms with Crippen molar-refractivity contribution in [3.63, 3.8) is 0 Å². The van der Waals surface area contributed by atoms with Crippen LogP contribution < -0.4 is 10.2 Å². The smallest absolute Gasteiger partial charge is 0.329 e. The van der Waals surface area contributed by atoms with Crippen molar-refractivity contribution in [2.45, 2.75) is 206 Å². The SMILES string of the molecule is CO[C@H]1C[C@@H]2CC[C@@H](C)[C@@](O)(O2)C(=O)C(=O)N2CCCC[C@H]2C(=O)O[C@H]([C@H](C)C[C@@H]2CC[C@@H](OC(=O)CCOCCOCCOCCNC(=O)CCC(=O)N3Cc4ccccc4C#Cc4ccccc43)[C@H](OC)C2)CC(=O)[C@H](C)/C=C(\C)[C@@H](O)[C@@H](OC)C(=O)[C@H](C)C[C@H](C)/C=C/C=C/C=C/1C. The molecule has 4 heterocycles. The fraction of sp³-hybridized carbons (Fsp3) is 0.620. The normalized spacial score (nSPS) is 30.4. The molecule has 15 atom stereocenters. The molecule has 0 radical (unpaired) electrons. The van der Waals surface area contributed by atoms with Gasteiger partial charge in [0.2, 0.25) is 17.6 Å². The largest absolute Gasteiger partial charge is 0.460 e. The number of methoxy groups -OCH3 is 3. The number of fused-ring (bicyclic) bond motifs is 5. The number of hydrogen-bond acceptors (Lipinski definition) is 19. The molecular weight excluding hydrogens is 1290 g/mol. The average molecular weight is 1400 g/mol. The standard InChI is InChI=1S/C79H109N3O19/c1-51-20-12-11-13-21-52(2)67(93-8)48-62-31-27-57(7)79(92,101-62)76(89)77(90)81-37-19-18-26-64(81)78(91)100-68(49-65(83)53(3)45-56(6)74(88)75(95-10)73(87)55(5)44-51)54(4)46-58-28-32-66(69(47-58)94-9)99-72(86)35-38-96-40-42-98-43-41-97-39-36-80-70(84)33-34-71(85)82-50-61-24-15-14-22-59(61)29-30-60-23-16-17-25-63(60)82/h11-17,20-25,45,51,53-55,57-58,62,64,66-69,74-75,88,92H,18-19,26-28,31-44,46-50H2,1-10H3,(H,80,84)/b13-11+,20-12+,52-21+,56-45+/t51-,53-,54-,55-,57-,58+,62+,64+,66-,67+,68+,69-,74-,75+,79-/m1/s1. The Morgan fingerprint density at radius 3 is 2.18 bits per heavy atom. The summed E-state index contributed by atoms with van der Waals surface area (Å²) in [4.78, 5) is 114. The van der Waals surface area contributed by atoms with E-state index in [1.165, 1.54) is 12.0 Å². The van der Waals surface area contributed by atoms with Gasteiger partial charge < -0.3 is 68.0 Å². The number of hydrogen-bond donors (Lipinski definition) is 3. The lowest BCUT2D eigenvalue weighted by atomic mass is 9.78. The lowest BCUT2D eigenvalue weighted by molar-refractivity contribution is -0.265. The maximum absolute atomic E-state index is 14.7. The average Bonchev–Trinajstić information content (AvgIpc) is 0.776. The van der Waals surface area contributed by atoms with Crippen LogP contribution in [0.2, 0.25) is 0 Å². The van der Waals surface area contributed by atoms with Gasteiger partial charge in [0, 0.05) is 89.0 Å². The predicted octanol–water partition coefficient (Wildman–Crippen LogP) is 9.01. The van der Waals surface area contributed by atoms with Gasteiger partial charge >= 0.3 is 11.9 Å². The van der Waals surface area contributed by atoms with Crippen LogP contribution in [-0.2, 0) is 87.5 Å². The molecule has 4 aliphatic heterocycles. The van der Waals surface area contributed by atoms with Gasteiger partial charge in [-0.25, -0.2) is 4.79 Å². The molecule has 7 rings (SSSR count). The van der Waals surface area contributed by atoms with E-state index in [9.17, 15) is 48.6 Å². The molecule has 3 fully saturated rings. The fourth-order valence-corrected chi connectivity index (χ4v) is 14.1. The van der Waals surface area contributed by atoms with Gasteiger partial charge in [-0.05, 0) is 131 Å². The molecule has 0 unspecified atom stereocenters. The van der Waals surface area contributed by atoms with Gasteiger partial charge in [0.05, 0.1) is 76.6 Å². The second-order valence-electron chi connectivity index (χ2n) is 27.9. The van der Waals surface area contributed by atoms with Crippen LogP contribution in [0.5, 0.6) is 0 Å². The van der Waals surface area contributed by atoms with E-state index >= 15 is 0 Å². The maximum Gasteiger partial charge on any atom is 0.329 e. The Morgan fingerprint density at radius 2 is 1.45 bits per heavy atom. The number of cyclic esters (lactones) is 1. The first-order valence-electron chi connectivity index (χ1n) is 36.1. The zero-order valence-corrected chi connectivity index (χ0v) is 60.9. The van der Waals surface area contributed by atoms with E-state index < -0.39 is 102 Å². The number of rotatable bonds is 22. The number of allylic oxidation sites excluding steroid dienone is 6. The van der Waals surface area contributed by atoms with Crippen molar-refractivity contribution in [2.24, 2.45) is 35.5 Å². The van der Waals surface area contributed by atoms with E-state index in [1.807, 2.05) is 99.7 Å². The zero-order valence-electron chi connectivity index (χ0n) is 60.9. The first-order chi connectivity index (χ1) is 48.5. The van der Waals surface area contributed by atoms with E-state index in [0.717, 1.165) is 22.3 Å². The number of carbonyl (C=O) groups is 8. The molecule has 2 aromatic carbocycles. The lowest BCUT2D eigenvalue weighted by Crippen LogP contribution is -2.61. The minimum absolute atomic E-state index is 0.00118. The minimum atomic E-state index is -2.48. The number of aliphatic hydroxyl groups excluding tert-OH is 1. The Labute approximate surface area is 596 Å². The molecule has 0 aromatic heterocycles. The number of piperidine rings is 1. The number of aliphatic hydroxyl groups is 2. The molecule has 554 valence electrons. The van der Waals surface area contributed by atoms with E-state index in [4.69, 9.17) is 42.6 Å². The molecule has 3 N–H and O–H groups in total. The maximum atomic E-state index is 14.7. The summed E-state index contributed by atoms with van der Waals surface area (Å²) in [5.74, 6) is -3.13. The molecule has 101 heavy (non-hydrogen) atoms. The fourth-order valence-electron chi connectivity index (χ4n) is 14.1. The van der Waals surface area contributed by atoms with Crippen molar-refractivity contribution in [2.75, 3.05) is 79.0 Å². The summed E-state index contributed by atoms with van der Waals surface area (Å²) in [6.45, 7) is 14.6. The molecule has 1 aliphatic carbocycles. The molecule has 2 saturated heterocycles. The summed E-state index contributed by atoms with van der Waals surface area (Å²) in [5, 5.41) is 26.5. The Balaban J connectivity index is 0.890. The summed E-state index contributed by atoms with van der Waals surface area (Å²) < 4.78 is 52.9. The number of esters is 2. The van der Waals surface area contributed by atoms with Crippen molar-refractivity contribution in [3.05, 3.63) is 113 Å². The van der Waals surface area contributed by atoms with E-state index in [1.54, 1.807) is 52.9 Å². The van der Waals surface area contributed by atoms with Crippen molar-refractivity contribution >= 4 is 52.7 Å². The number of nitrogens with zero attached hydrogens (tertiary/aromatic N) is 2. The van der Waals surface area contributed by atoms with Crippen LogP contribution in [0.4, 0.5) is 5.69 Å². The van der Waals surface area contributed by atoms with Crippen molar-refractivity contribution in [1.82, 2.24) is 10.2 Å². The highest BCUT2D eigenvalue weighted by atomic mass is 16.6. The van der Waals surface area contributed by atoms with Crippen LogP contribution >= 0.6 is 0 Å². The number of ketones is 3. The number of anilines is 1. The van der Waals surface area contributed by atoms with Gasteiger partial charge in [-0.3, -0.25) is 33.6 Å². The third kappa shape index (κ3) is 23.7. The topological polar surface area (TPSA) is 279 Å². The van der Waals surface area contributed by atoms with Crippen molar-refractivity contribution in [3.8, 4) is 11.8 Å². The van der Waals surface area contributed by atoms with Crippen LogP contribution in [0.3, 0.4) is 0 Å². The highest BCUT2D eigenvalue weighted by molar-refractivity contribution is 6.39. The third-order valence-electron chi connectivity index (χ3n) is 20.2. The highest BCUT2D eigenvalue weighted by Gasteiger charge is 2.53. The molecule has 2 bridgehead atoms. The van der Waals surface area contributed by atoms with Gasteiger partial charge in [-0.1, -0.05) is 113 Å². The molecular formula is C79H109N3O19. The van der Waals surface area contributed by atoms with E-state index in [2.05, 4.69) is 17.2 Å². The Hall–Kier alpha value is -7.04. The molecule has 2 aromatic rings. The van der Waals surface area contributed by atoms with Gasteiger partial charge in [0.25, 0.3) is 11.7 Å². The molecule has 22 nitrogen and oxygen atoms in total. The number of benzene rings is 2. The lowest BCUT2D eigenvalue weighted by Gasteiger charge is -2.42. The van der Waals surface area contributed by atoms with Crippen LogP contribution in [0, 0.1) is 47.3 Å². The number of nitrogens with one attached hydrogen (secondary N) is 1. The van der Waals surface area contributed by atoms with Crippen LogP contribution in [0.1, 0.15) is 161 Å². The van der Waals surface area contributed by atoms with Crippen molar-refractivity contribution < 1.29 is 91.2 Å². The molecule has 1 saturated carbocycles. The van der Waals surface area contributed by atoms with Gasteiger partial charge in [0.1, 0.15) is 36.2 Å². The number of Topliss-reactive ketones (excluding diaryl/α,β-unsaturated/α-hetero) is 3. The molecule has 5 aliphatic rings. The van der Waals surface area contributed by atoms with E-state index in [0.29, 0.717) is 75.6 Å². The quantitative estimate of drug-likeness (QED) is 0.0326. The number of para-hydroxylation sites is 1. The Morgan fingerprint density at radius 1 is 0.743 bits per heavy atom. The second kappa shape index (κ2) is 40.7. The number of amides is 3. The first-order valence-corrected chi connectivity index (χ1v) is 36.1. The zero-order chi connectivity index (χ0) is 73.2. The van der Waals surface area contributed by atoms with E-state index in [-0.39, 0.29) is 126 Å². The second-order valence-corrected chi connectivity index (χ2v) is 27.9. The van der Waals surface area contributed by atoms with Gasteiger partial charge in [0.15, 0.2) is 5.78 Å². The van der Waals surface area contributed by atoms with Crippen LogP contribution in [0.25, 0.3) is 0 Å². The third-order valence-corrected chi connectivity index (χ3v) is 20.2. The Bertz CT molecular complexity index is 3310. The summed E-state index contributed by atoms with van der Waals surface area (Å²) in [5.41, 5.74) is 4.47. The number of carbonyl (C=O) groups excluding carboxylic acids is 8. The Kier molecular flexibility index (Phi) is 32.8. The molecule has 3 amide bonds. The highest BCUT2D eigenvalue weighted by Crippen LogP contribution is 2.39. The minimum Gasteiger partial charge on any atom is -0.460 e. The monoisotopic (exact) mass is 1400 g/mol. The summed E-state index contributed by atoms with van der Waals surface area (Å²) >= 11 is 0. The summed E-state index contributed by atoms with van der Waals surface area (Å²) in [7, 11) is 4.49. The van der Waals surface area contributed by atoms with Crippen LogP contribution in [0.15, 0.2) is 96.1 Å². The first kappa shape index (κ1) is 81.3. The van der Waals surface area contributed by atoms with Gasteiger partial charge in [-0.15, -0.1) is 0 Å². The summed E-state index contributed by atoms with van der Waals surface area (Å²) in [6, 6.07) is 14.0. The van der Waals surface area contributed by atoms with Gasteiger partial charge in [-0.2, -0.15) is 0 Å².